The van der Waals surface area contributed by atoms with Gasteiger partial charge in [-0.3, -0.25) is 9.36 Å². The number of ether oxygens (including phenoxy) is 4. The molecule has 1 atom stereocenters. The molecule has 2 heterocycles. The van der Waals surface area contributed by atoms with E-state index < -0.39 is 12.0 Å². The van der Waals surface area contributed by atoms with Gasteiger partial charge in [-0.2, -0.15) is 0 Å². The Balaban J connectivity index is 1.91. The summed E-state index contributed by atoms with van der Waals surface area (Å²) in [4.78, 5) is 31.3. The van der Waals surface area contributed by atoms with E-state index in [1.165, 1.54) is 36.3 Å². The van der Waals surface area contributed by atoms with Crippen LogP contribution in [0.15, 0.2) is 51.9 Å². The lowest BCUT2D eigenvalue weighted by molar-refractivity contribution is -0.136. The lowest BCUT2D eigenvalue weighted by Gasteiger charge is -2.23. The van der Waals surface area contributed by atoms with E-state index >= 15 is 0 Å². The molecule has 3 aromatic rings. The zero-order valence-electron chi connectivity index (χ0n) is 20.6. The zero-order chi connectivity index (χ0) is 26.7. The molecule has 1 aromatic heterocycles. The number of aromatic nitrogens is 1. The second-order valence-corrected chi connectivity index (χ2v) is 9.97. The first kappa shape index (κ1) is 26.7. The molecule has 0 saturated heterocycles. The van der Waals surface area contributed by atoms with E-state index in [9.17, 15) is 14.7 Å². The minimum absolute atomic E-state index is 0.0324. The molecule has 11 heteroatoms. The minimum atomic E-state index is -0.782. The molecule has 37 heavy (non-hydrogen) atoms. The van der Waals surface area contributed by atoms with Crippen molar-refractivity contribution in [1.29, 1.82) is 0 Å². The number of phenols is 1. The van der Waals surface area contributed by atoms with Gasteiger partial charge in [0.05, 0.1) is 47.2 Å². The number of rotatable bonds is 8. The molecule has 2 aromatic carbocycles. The third kappa shape index (κ3) is 5.23. The largest absolute Gasteiger partial charge is 0.504 e. The fourth-order valence-corrected chi connectivity index (χ4v) is 5.57. The molecule has 0 spiro atoms. The van der Waals surface area contributed by atoms with Crippen molar-refractivity contribution in [3.63, 3.8) is 0 Å². The molecule has 0 bridgehead atoms. The summed E-state index contributed by atoms with van der Waals surface area (Å²) in [6.45, 7) is 4.62. The summed E-state index contributed by atoms with van der Waals surface area (Å²) in [5, 5.41) is 10.2. The standard InChI is InChI=1S/C26H25IN2O7S/c1-5-35-18-8-7-15(12-19(18)36-6-2)22-16(25(32)34-4)13-28-26-29(22)24(31)21(37-26)11-14-9-17(27)23(30)20(10-14)33-3/h7-13,22,30H,5-6H2,1-4H3/b21-11-/t22-/m0/s1. The highest BCUT2D eigenvalue weighted by molar-refractivity contribution is 14.1. The monoisotopic (exact) mass is 636 g/mol. The van der Waals surface area contributed by atoms with Gasteiger partial charge in [-0.1, -0.05) is 17.4 Å². The summed E-state index contributed by atoms with van der Waals surface area (Å²) in [6.07, 6.45) is 3.14. The number of halogens is 1. The summed E-state index contributed by atoms with van der Waals surface area (Å²) in [5.41, 5.74) is 1.21. The molecule has 0 radical (unpaired) electrons. The molecule has 9 nitrogen and oxygen atoms in total. The van der Waals surface area contributed by atoms with Gasteiger partial charge >= 0.3 is 5.97 Å². The van der Waals surface area contributed by atoms with Crippen LogP contribution in [-0.4, -0.2) is 43.1 Å². The number of benzene rings is 2. The summed E-state index contributed by atoms with van der Waals surface area (Å²) < 4.78 is 24.2. The van der Waals surface area contributed by atoms with Crippen LogP contribution >= 0.6 is 33.9 Å². The third-order valence-electron chi connectivity index (χ3n) is 5.58. The van der Waals surface area contributed by atoms with Gasteiger partial charge in [0.2, 0.25) is 0 Å². The number of carbonyl (C=O) groups is 1. The van der Waals surface area contributed by atoms with Gasteiger partial charge in [-0.15, -0.1) is 0 Å². The molecule has 0 aliphatic carbocycles. The maximum Gasteiger partial charge on any atom is 0.337 e. The Morgan fingerprint density at radius 2 is 1.86 bits per heavy atom. The van der Waals surface area contributed by atoms with Crippen molar-refractivity contribution >= 4 is 46.0 Å². The van der Waals surface area contributed by atoms with Crippen molar-refractivity contribution in [3.8, 4) is 23.0 Å². The normalized spacial score (nSPS) is 14.9. The van der Waals surface area contributed by atoms with E-state index in [0.717, 1.165) is 0 Å². The van der Waals surface area contributed by atoms with E-state index in [1.54, 1.807) is 36.4 Å². The highest BCUT2D eigenvalue weighted by Gasteiger charge is 2.31. The second-order valence-electron chi connectivity index (χ2n) is 7.80. The number of thiazole rings is 1. The lowest BCUT2D eigenvalue weighted by Crippen LogP contribution is -2.39. The molecule has 1 N–H and O–H groups in total. The summed E-state index contributed by atoms with van der Waals surface area (Å²) in [5.74, 6) is 0.822. The average molecular weight is 636 g/mol. The predicted octanol–water partition coefficient (Wildman–Crippen LogP) is 3.13. The Hall–Kier alpha value is -3.32. The maximum atomic E-state index is 13.7. The minimum Gasteiger partial charge on any atom is -0.504 e. The van der Waals surface area contributed by atoms with Crippen molar-refractivity contribution in [3.05, 3.63) is 76.5 Å². The highest BCUT2D eigenvalue weighted by atomic mass is 127. The molecule has 4 rings (SSSR count). The summed E-state index contributed by atoms with van der Waals surface area (Å²) in [7, 11) is 2.75. The fraction of sp³-hybridized carbons (Fsp3) is 0.269. The van der Waals surface area contributed by atoms with Crippen LogP contribution in [0, 0.1) is 3.57 Å². The van der Waals surface area contributed by atoms with Crippen LogP contribution in [0.25, 0.3) is 6.08 Å². The number of phenolic OH excluding ortho intramolecular Hbond substituents is 1. The SMILES string of the molecule is CCOc1ccc([C@H]2C(C(=O)OC)=CN=c3s/c(=C\c4cc(I)c(O)c(OC)c4)c(=O)n32)cc1OCC. The van der Waals surface area contributed by atoms with Gasteiger partial charge in [-0.25, -0.2) is 9.79 Å². The number of nitrogens with zero attached hydrogens (tertiary/aromatic N) is 2. The summed E-state index contributed by atoms with van der Waals surface area (Å²) in [6, 6.07) is 7.94. The number of carbonyl (C=O) groups excluding carboxylic acids is 1. The lowest BCUT2D eigenvalue weighted by atomic mass is 9.97. The molecular formula is C26H25IN2O7S. The summed E-state index contributed by atoms with van der Waals surface area (Å²) >= 11 is 3.20. The van der Waals surface area contributed by atoms with Gasteiger partial charge in [0.15, 0.2) is 27.8 Å². The van der Waals surface area contributed by atoms with E-state index in [4.69, 9.17) is 18.9 Å². The van der Waals surface area contributed by atoms with Crippen LogP contribution in [0.2, 0.25) is 0 Å². The van der Waals surface area contributed by atoms with E-state index in [1.807, 2.05) is 36.4 Å². The van der Waals surface area contributed by atoms with Crippen molar-refractivity contribution in [2.75, 3.05) is 27.4 Å². The topological polar surface area (TPSA) is 109 Å². The first-order valence-corrected chi connectivity index (χ1v) is 13.3. The van der Waals surface area contributed by atoms with Crippen molar-refractivity contribution in [1.82, 2.24) is 4.57 Å². The Kier molecular flexibility index (Phi) is 8.22. The number of methoxy groups -OCH3 is 2. The maximum absolute atomic E-state index is 13.7. The van der Waals surface area contributed by atoms with E-state index in [0.29, 0.717) is 54.5 Å². The molecule has 1 aliphatic heterocycles. The molecule has 0 unspecified atom stereocenters. The molecule has 1 aliphatic rings. The van der Waals surface area contributed by atoms with Gasteiger partial charge in [0.1, 0.15) is 0 Å². The third-order valence-corrected chi connectivity index (χ3v) is 7.40. The Morgan fingerprint density at radius 3 is 2.54 bits per heavy atom. The molecule has 0 saturated carbocycles. The van der Waals surface area contributed by atoms with Crippen LogP contribution in [0.3, 0.4) is 0 Å². The van der Waals surface area contributed by atoms with Gasteiger partial charge in [0, 0.05) is 6.20 Å². The number of hydrogen-bond donors (Lipinski definition) is 1. The Labute approximate surface area is 230 Å². The first-order valence-electron chi connectivity index (χ1n) is 11.4. The van der Waals surface area contributed by atoms with E-state index in [-0.39, 0.29) is 16.9 Å². The smallest absolute Gasteiger partial charge is 0.337 e. The molecule has 194 valence electrons. The number of aromatic hydroxyl groups is 1. The second kappa shape index (κ2) is 11.4. The number of fused-ring (bicyclic) bond motifs is 1. The Morgan fingerprint density at radius 1 is 1.14 bits per heavy atom. The number of hydrogen-bond acceptors (Lipinski definition) is 9. The predicted molar refractivity (Wildman–Crippen MR) is 147 cm³/mol. The number of esters is 1. The molecule has 0 amide bonds. The average Bonchev–Trinajstić information content (AvgIpc) is 3.21. The molecule has 0 fully saturated rings. The van der Waals surface area contributed by atoms with Crippen molar-refractivity contribution in [2.45, 2.75) is 19.9 Å². The van der Waals surface area contributed by atoms with Gasteiger partial charge < -0.3 is 24.1 Å². The van der Waals surface area contributed by atoms with Crippen LogP contribution in [-0.2, 0) is 9.53 Å². The van der Waals surface area contributed by atoms with Crippen molar-refractivity contribution in [2.24, 2.45) is 4.99 Å². The van der Waals surface area contributed by atoms with Crippen LogP contribution in [0.1, 0.15) is 31.0 Å². The van der Waals surface area contributed by atoms with E-state index in [2.05, 4.69) is 4.99 Å². The fourth-order valence-electron chi connectivity index (χ4n) is 3.97. The highest BCUT2D eigenvalue weighted by Crippen LogP contribution is 2.35. The van der Waals surface area contributed by atoms with Crippen LogP contribution < -0.4 is 29.1 Å². The Bertz CT molecular complexity index is 1560. The quantitative estimate of drug-likeness (QED) is 0.299. The molecular weight excluding hydrogens is 611 g/mol. The zero-order valence-corrected chi connectivity index (χ0v) is 23.6. The van der Waals surface area contributed by atoms with Crippen molar-refractivity contribution < 1.29 is 28.8 Å². The van der Waals surface area contributed by atoms with Gasteiger partial charge in [-0.05, 0) is 77.9 Å². The van der Waals surface area contributed by atoms with Gasteiger partial charge in [0.25, 0.3) is 5.56 Å². The van der Waals surface area contributed by atoms with Crippen LogP contribution in [0.4, 0.5) is 0 Å². The van der Waals surface area contributed by atoms with Crippen LogP contribution in [0.5, 0.6) is 23.0 Å². The first-order chi connectivity index (χ1) is 17.8.